The summed E-state index contributed by atoms with van der Waals surface area (Å²) in [5.41, 5.74) is 4.39. The van der Waals surface area contributed by atoms with Crippen LogP contribution in [0.1, 0.15) is 39.9 Å². The van der Waals surface area contributed by atoms with Crippen molar-refractivity contribution in [3.63, 3.8) is 0 Å². The van der Waals surface area contributed by atoms with Gasteiger partial charge in [0, 0.05) is 17.7 Å². The molecule has 3 aromatic carbocycles. The molecule has 4 rings (SSSR count). The molecule has 1 aliphatic heterocycles. The van der Waals surface area contributed by atoms with Crippen molar-refractivity contribution >= 4 is 29.4 Å². The predicted molar refractivity (Wildman–Crippen MR) is 131 cm³/mol. The minimum Gasteiger partial charge on any atom is -0.289 e. The van der Waals surface area contributed by atoms with Gasteiger partial charge >= 0.3 is 0 Å². The van der Waals surface area contributed by atoms with Gasteiger partial charge in [-0.25, -0.2) is 9.29 Å². The Bertz CT molecular complexity index is 1220. The first-order valence-corrected chi connectivity index (χ1v) is 11.2. The van der Waals surface area contributed by atoms with Crippen molar-refractivity contribution in [2.75, 3.05) is 4.90 Å². The van der Waals surface area contributed by atoms with Crippen LogP contribution in [-0.4, -0.2) is 17.6 Å². The molecule has 0 spiro atoms. The number of allylic oxidation sites excluding steroid dienone is 1. The summed E-state index contributed by atoms with van der Waals surface area (Å²) in [4.78, 5) is 36.8. The highest BCUT2D eigenvalue weighted by molar-refractivity contribution is 6.28. The molecule has 0 atom stereocenters. The number of hydrogen-bond donors (Lipinski definition) is 0. The van der Waals surface area contributed by atoms with Crippen LogP contribution in [0.5, 0.6) is 0 Å². The Morgan fingerprint density at radius 2 is 1.26 bits per heavy atom. The second-order valence-electron chi connectivity index (χ2n) is 8.16. The minimum atomic E-state index is -0.361. The number of ketones is 1. The first kappa shape index (κ1) is 23.1. The second kappa shape index (κ2) is 10.7. The molecule has 4 nitrogen and oxygen atoms in total. The summed E-state index contributed by atoms with van der Waals surface area (Å²) in [5, 5.41) is 0. The molecule has 0 fully saturated rings. The highest BCUT2D eigenvalue weighted by Gasteiger charge is 2.24. The minimum absolute atomic E-state index is 0.160. The van der Waals surface area contributed by atoms with E-state index in [0.29, 0.717) is 11.3 Å². The molecule has 2 amide bonds. The molecule has 0 bridgehead atoms. The zero-order valence-electron chi connectivity index (χ0n) is 18.6. The number of carbonyl (C=O) groups is 3. The topological polar surface area (TPSA) is 54.5 Å². The summed E-state index contributed by atoms with van der Waals surface area (Å²) in [6.45, 7) is 0. The highest BCUT2D eigenvalue weighted by Crippen LogP contribution is 2.20. The van der Waals surface area contributed by atoms with Gasteiger partial charge < -0.3 is 0 Å². The zero-order chi connectivity index (χ0) is 23.9. The molecule has 0 saturated heterocycles. The number of aryl methyl sites for hydroxylation is 2. The molecule has 1 aliphatic rings. The summed E-state index contributed by atoms with van der Waals surface area (Å²) < 4.78 is 13.0. The third kappa shape index (κ3) is 5.81. The monoisotopic (exact) mass is 453 g/mol. The number of amides is 2. The Morgan fingerprint density at radius 1 is 0.735 bits per heavy atom. The maximum atomic E-state index is 13.0. The van der Waals surface area contributed by atoms with E-state index in [9.17, 15) is 18.8 Å². The highest BCUT2D eigenvalue weighted by atomic mass is 19.1. The number of imide groups is 1. The Hall–Kier alpha value is -4.12. The molecular formula is C29H24FNO3. The molecule has 0 aromatic heterocycles. The van der Waals surface area contributed by atoms with Crippen molar-refractivity contribution < 1.29 is 18.8 Å². The van der Waals surface area contributed by atoms with Crippen LogP contribution in [0.25, 0.3) is 6.08 Å². The first-order chi connectivity index (χ1) is 16.5. The number of rotatable bonds is 9. The molecule has 0 N–H and O–H groups in total. The lowest BCUT2D eigenvalue weighted by molar-refractivity contribution is -0.119. The van der Waals surface area contributed by atoms with Crippen molar-refractivity contribution in [2.45, 2.75) is 25.7 Å². The Morgan fingerprint density at radius 3 is 1.82 bits per heavy atom. The number of carbonyl (C=O) groups excluding carboxylic acids is 3. The molecule has 5 heteroatoms. The summed E-state index contributed by atoms with van der Waals surface area (Å²) in [6, 6.07) is 21.2. The van der Waals surface area contributed by atoms with Crippen molar-refractivity contribution in [3.8, 4) is 0 Å². The van der Waals surface area contributed by atoms with Gasteiger partial charge in [0.1, 0.15) is 5.82 Å². The standard InChI is InChI=1S/C29H24FNO3/c30-25-14-12-24(13-15-25)27(32)18-11-23-7-5-21(6-8-23)3-1-2-4-22-9-16-26(17-10-22)31-28(33)19-20-29(31)34/h5-20H,1-4H2. The first-order valence-electron chi connectivity index (χ1n) is 11.2. The van der Waals surface area contributed by atoms with Gasteiger partial charge in [0.05, 0.1) is 5.69 Å². The van der Waals surface area contributed by atoms with Gasteiger partial charge in [0.2, 0.25) is 0 Å². The maximum absolute atomic E-state index is 13.0. The van der Waals surface area contributed by atoms with E-state index in [1.165, 1.54) is 58.5 Å². The van der Waals surface area contributed by atoms with Gasteiger partial charge in [0.15, 0.2) is 5.78 Å². The molecule has 0 radical (unpaired) electrons. The van der Waals surface area contributed by atoms with Crippen LogP contribution in [0.4, 0.5) is 10.1 Å². The van der Waals surface area contributed by atoms with Crippen LogP contribution in [-0.2, 0) is 22.4 Å². The van der Waals surface area contributed by atoms with Gasteiger partial charge in [0.25, 0.3) is 11.8 Å². The van der Waals surface area contributed by atoms with E-state index in [1.807, 2.05) is 36.4 Å². The van der Waals surface area contributed by atoms with E-state index in [-0.39, 0.29) is 23.4 Å². The van der Waals surface area contributed by atoms with Crippen molar-refractivity contribution in [3.05, 3.63) is 119 Å². The van der Waals surface area contributed by atoms with E-state index in [2.05, 4.69) is 12.1 Å². The van der Waals surface area contributed by atoms with Crippen molar-refractivity contribution in [1.82, 2.24) is 0 Å². The second-order valence-corrected chi connectivity index (χ2v) is 8.16. The molecule has 1 heterocycles. The van der Waals surface area contributed by atoms with E-state index in [1.54, 1.807) is 6.08 Å². The van der Waals surface area contributed by atoms with Gasteiger partial charge in [-0.2, -0.15) is 0 Å². The molecule has 0 aliphatic carbocycles. The number of hydrogen-bond acceptors (Lipinski definition) is 3. The predicted octanol–water partition coefficient (Wildman–Crippen LogP) is 5.72. The lowest BCUT2D eigenvalue weighted by atomic mass is 10.0. The van der Waals surface area contributed by atoms with Gasteiger partial charge in [-0.05, 0) is 84.8 Å². The third-order valence-corrected chi connectivity index (χ3v) is 5.72. The SMILES string of the molecule is O=C(C=Cc1ccc(CCCCc2ccc(N3C(=O)C=CC3=O)cc2)cc1)c1ccc(F)cc1. The van der Waals surface area contributed by atoms with Crippen LogP contribution in [0.2, 0.25) is 0 Å². The average molecular weight is 454 g/mol. The molecule has 34 heavy (non-hydrogen) atoms. The van der Waals surface area contributed by atoms with Crippen molar-refractivity contribution in [2.24, 2.45) is 0 Å². The fourth-order valence-corrected chi connectivity index (χ4v) is 3.80. The number of halogens is 1. The largest absolute Gasteiger partial charge is 0.289 e. The smallest absolute Gasteiger partial charge is 0.258 e. The number of anilines is 1. The van der Waals surface area contributed by atoms with Crippen LogP contribution >= 0.6 is 0 Å². The molecule has 0 unspecified atom stereocenters. The van der Waals surface area contributed by atoms with E-state index >= 15 is 0 Å². The van der Waals surface area contributed by atoms with Crippen molar-refractivity contribution in [1.29, 1.82) is 0 Å². The van der Waals surface area contributed by atoms with Gasteiger partial charge in [-0.1, -0.05) is 42.5 Å². The summed E-state index contributed by atoms with van der Waals surface area (Å²) >= 11 is 0. The van der Waals surface area contributed by atoms with Gasteiger partial charge in [-0.3, -0.25) is 14.4 Å². The molecular weight excluding hydrogens is 429 g/mol. The summed E-state index contributed by atoms with van der Waals surface area (Å²) in [5.74, 6) is -1.13. The van der Waals surface area contributed by atoms with Crippen LogP contribution < -0.4 is 4.90 Å². The Kier molecular flexibility index (Phi) is 7.23. The number of benzene rings is 3. The number of unbranched alkanes of at least 4 members (excludes halogenated alkanes) is 1. The quantitative estimate of drug-likeness (QED) is 0.180. The van der Waals surface area contributed by atoms with Crippen LogP contribution in [0.3, 0.4) is 0 Å². The third-order valence-electron chi connectivity index (χ3n) is 5.72. The van der Waals surface area contributed by atoms with Crippen LogP contribution in [0.15, 0.2) is 91.0 Å². The van der Waals surface area contributed by atoms with Gasteiger partial charge in [-0.15, -0.1) is 0 Å². The Balaban J connectivity index is 1.22. The lowest BCUT2D eigenvalue weighted by Gasteiger charge is -2.14. The molecule has 3 aromatic rings. The van der Waals surface area contributed by atoms with E-state index in [0.717, 1.165) is 31.2 Å². The average Bonchev–Trinajstić information content (AvgIpc) is 3.19. The lowest BCUT2D eigenvalue weighted by Crippen LogP contribution is -2.29. The van der Waals surface area contributed by atoms with Crippen LogP contribution in [0, 0.1) is 5.82 Å². The normalized spacial score (nSPS) is 13.3. The number of nitrogens with zero attached hydrogens (tertiary/aromatic N) is 1. The molecule has 0 saturated carbocycles. The maximum Gasteiger partial charge on any atom is 0.258 e. The molecule has 170 valence electrons. The zero-order valence-corrected chi connectivity index (χ0v) is 18.6. The fraction of sp³-hybridized carbons (Fsp3) is 0.138. The van der Waals surface area contributed by atoms with E-state index in [4.69, 9.17) is 0 Å². The summed E-state index contributed by atoms with van der Waals surface area (Å²) in [6.07, 6.45) is 9.77. The summed E-state index contributed by atoms with van der Waals surface area (Å²) in [7, 11) is 0. The Labute approximate surface area is 198 Å². The fourth-order valence-electron chi connectivity index (χ4n) is 3.80. The van der Waals surface area contributed by atoms with E-state index < -0.39 is 0 Å².